The van der Waals surface area contributed by atoms with Gasteiger partial charge >= 0.3 is 0 Å². The highest BCUT2D eigenvalue weighted by Gasteiger charge is 3.07. The van der Waals surface area contributed by atoms with Gasteiger partial charge in [-0.1, -0.05) is 174 Å². The number of hydrogen-bond acceptors (Lipinski definition) is 0. The van der Waals surface area contributed by atoms with E-state index in [1.54, 1.807) is 0 Å². The van der Waals surface area contributed by atoms with E-state index in [4.69, 9.17) is 197 Å². The molecule has 2 aliphatic rings. The summed E-state index contributed by atoms with van der Waals surface area (Å²) >= 11 is 108. The minimum absolute atomic E-state index is 1.81. The second-order valence-electron chi connectivity index (χ2n) is 5.84. The van der Waals surface area contributed by atoms with E-state index in [-0.39, 0.29) is 0 Å². The Bertz CT molecular complexity index is 634. The van der Waals surface area contributed by atoms with E-state index in [0.717, 1.165) is 0 Å². The monoisotopic (exact) mass is 715 g/mol. The number of fused-ring (bicyclic) bond motifs is 2. The van der Waals surface area contributed by atoms with Gasteiger partial charge in [0.2, 0.25) is 11.4 Å². The average molecular weight is 724 g/mol. The first kappa shape index (κ1) is 28.2. The molecule has 0 heterocycles. The Balaban J connectivity index is 3.37. The van der Waals surface area contributed by atoms with Crippen LogP contribution in [0.4, 0.5) is 0 Å². The molecule has 0 N–H and O–H groups in total. The first-order valence-electron chi connectivity index (χ1n) is 6.07. The summed E-state index contributed by atoms with van der Waals surface area (Å²) in [6.07, 6.45) is 0. The van der Waals surface area contributed by atoms with Crippen LogP contribution < -0.4 is 0 Å². The fraction of sp³-hybridized carbons (Fsp3) is 1.00. The van der Waals surface area contributed by atoms with E-state index in [9.17, 15) is 0 Å². The van der Waals surface area contributed by atoms with Gasteiger partial charge in [0.1, 0.15) is 10.3 Å². The molecule has 3 atom stereocenters. The van der Waals surface area contributed by atoms with Crippen molar-refractivity contribution in [2.75, 3.05) is 0 Å². The lowest BCUT2D eigenvalue weighted by Gasteiger charge is -2.57. The average Bonchev–Trinajstić information content (AvgIpc) is 2.57. The van der Waals surface area contributed by atoms with Crippen LogP contribution in [0.5, 0.6) is 0 Å². The molecule has 0 aliphatic heterocycles. The smallest absolute Gasteiger partial charge is 0.119 e. The fourth-order valence-corrected chi connectivity index (χ4v) is 13.6. The van der Waals surface area contributed by atoms with Crippen molar-refractivity contribution in [1.29, 1.82) is 0 Å². The summed E-state index contributed by atoms with van der Waals surface area (Å²) in [7, 11) is 0. The topological polar surface area (TPSA) is 0 Å². The molecule has 0 aromatic carbocycles. The number of alkyl halides is 17. The lowest BCUT2D eigenvalue weighted by Crippen LogP contribution is -2.68. The SMILES string of the molecule is ClC1C(Cl)(Cl)C2(Cl)C(Cl)(Cl)C(Cl)(Cl)C1(C(Cl)(Cl)Cl)C2(C(Cl)(Cl)Cl)C(Cl)(Cl)Cl. The van der Waals surface area contributed by atoms with Gasteiger partial charge in [-0.25, -0.2) is 0 Å². The maximum Gasteiger partial charge on any atom is 0.203 e. The van der Waals surface area contributed by atoms with Gasteiger partial charge in [0.05, 0.1) is 10.8 Å². The number of halogens is 17. The largest absolute Gasteiger partial charge is 0.203 e. The van der Waals surface area contributed by atoms with Crippen LogP contribution in [0.15, 0.2) is 0 Å². The van der Waals surface area contributed by atoms with Crippen LogP contribution in [-0.2, 0) is 0 Å². The highest BCUT2D eigenvalue weighted by molar-refractivity contribution is 6.80. The molecule has 17 heteroatoms. The van der Waals surface area contributed by atoms with Crippen LogP contribution >= 0.6 is 197 Å². The fourth-order valence-electron chi connectivity index (χ4n) is 3.99. The van der Waals surface area contributed by atoms with Crippen molar-refractivity contribution in [3.05, 3.63) is 0 Å². The van der Waals surface area contributed by atoms with Crippen LogP contribution in [0.3, 0.4) is 0 Å². The summed E-state index contributed by atoms with van der Waals surface area (Å²) in [4.78, 5) is -2.70. The predicted molar refractivity (Wildman–Crippen MR) is 127 cm³/mol. The lowest BCUT2D eigenvalue weighted by molar-refractivity contribution is 0.0989. The Morgan fingerprint density at radius 3 is 1.07 bits per heavy atom. The van der Waals surface area contributed by atoms with Gasteiger partial charge in [0, 0.05) is 0 Å². The summed E-state index contributed by atoms with van der Waals surface area (Å²) in [5.41, 5.74) is -5.42. The number of hydrogen-bond donors (Lipinski definition) is 0. The van der Waals surface area contributed by atoms with Gasteiger partial charge in [-0.15, -0.1) is 23.2 Å². The molecule has 2 rings (SSSR count). The third-order valence-electron chi connectivity index (χ3n) is 4.89. The Labute approximate surface area is 239 Å². The van der Waals surface area contributed by atoms with Crippen molar-refractivity contribution >= 4 is 197 Å². The molecule has 0 saturated heterocycles. The van der Waals surface area contributed by atoms with Crippen molar-refractivity contribution < 1.29 is 0 Å². The summed E-state index contributed by atoms with van der Waals surface area (Å²) in [6.45, 7) is 0. The van der Waals surface area contributed by atoms with Gasteiger partial charge < -0.3 is 0 Å². The highest BCUT2D eigenvalue weighted by atomic mass is 35.6. The molecule has 0 amide bonds. The molecule has 0 nitrogen and oxygen atoms in total. The van der Waals surface area contributed by atoms with Crippen LogP contribution in [-0.4, -0.2) is 34.6 Å². The van der Waals surface area contributed by atoms with E-state index < -0.39 is 45.5 Å². The first-order valence-corrected chi connectivity index (χ1v) is 12.6. The van der Waals surface area contributed by atoms with E-state index in [1.165, 1.54) is 0 Å². The normalized spacial score (nSPS) is 39.7. The predicted octanol–water partition coefficient (Wildman–Crippen LogP) is 10.2. The molecule has 27 heavy (non-hydrogen) atoms. The zero-order valence-corrected chi connectivity index (χ0v) is 24.4. The zero-order valence-electron chi connectivity index (χ0n) is 11.5. The first-order chi connectivity index (χ1) is 11.4. The summed E-state index contributed by atoms with van der Waals surface area (Å²) in [5, 5.41) is -1.81. The molecule has 2 fully saturated rings. The molecule has 3 unspecified atom stereocenters. The minimum atomic E-state index is -2.77. The van der Waals surface area contributed by atoms with Gasteiger partial charge in [-0.05, 0) is 0 Å². The quantitative estimate of drug-likeness (QED) is 0.218. The molecule has 2 saturated carbocycles. The molecular weight excluding hydrogens is 723 g/mol. The maximum absolute atomic E-state index is 6.78. The van der Waals surface area contributed by atoms with Crippen molar-refractivity contribution in [1.82, 2.24) is 0 Å². The molecule has 0 spiro atoms. The Hall–Kier alpha value is 4.93. The highest BCUT2D eigenvalue weighted by Crippen LogP contribution is 2.96. The van der Waals surface area contributed by atoms with E-state index in [2.05, 4.69) is 0 Å². The standard InChI is InChI=1S/C10HCl17/c11-1-2(8(19,20)21)4(9(22,23)24,10(25,26)27)5(14,3(1,12)13)7(17,18)6(2,15)16/h1H. The molecule has 2 bridgehead atoms. The maximum atomic E-state index is 6.78. The molecule has 2 aliphatic carbocycles. The third-order valence-corrected chi connectivity index (χ3v) is 13.3. The van der Waals surface area contributed by atoms with Crippen LogP contribution in [0, 0.1) is 10.8 Å². The van der Waals surface area contributed by atoms with Gasteiger partial charge in [-0.2, -0.15) is 0 Å². The lowest BCUT2D eigenvalue weighted by atomic mass is 9.68. The van der Waals surface area contributed by atoms with Gasteiger partial charge in [0.15, 0.2) is 13.0 Å². The third kappa shape index (κ3) is 2.70. The van der Waals surface area contributed by atoms with Crippen LogP contribution in [0.25, 0.3) is 0 Å². The molecule has 0 radical (unpaired) electrons. The summed E-state index contributed by atoms with van der Waals surface area (Å²) in [5.74, 6) is 0. The molecule has 0 aromatic rings. The Morgan fingerprint density at radius 1 is 0.519 bits per heavy atom. The summed E-state index contributed by atoms with van der Waals surface area (Å²) < 4.78 is -16.0. The number of rotatable bonds is 0. The molecule has 0 aromatic heterocycles. The minimum Gasteiger partial charge on any atom is -0.119 e. The molecular formula is C10HCl17. The summed E-state index contributed by atoms with van der Waals surface area (Å²) in [6, 6.07) is 0. The van der Waals surface area contributed by atoms with Gasteiger partial charge in [-0.3, -0.25) is 0 Å². The van der Waals surface area contributed by atoms with Crippen molar-refractivity contribution in [3.8, 4) is 0 Å². The Kier molecular flexibility index (Phi) is 7.54. The van der Waals surface area contributed by atoms with E-state index in [1.807, 2.05) is 0 Å². The van der Waals surface area contributed by atoms with Crippen molar-refractivity contribution in [3.63, 3.8) is 0 Å². The zero-order chi connectivity index (χ0) is 22.1. The van der Waals surface area contributed by atoms with Gasteiger partial charge in [0.25, 0.3) is 0 Å². The van der Waals surface area contributed by atoms with Crippen LogP contribution in [0.2, 0.25) is 0 Å². The van der Waals surface area contributed by atoms with E-state index >= 15 is 0 Å². The van der Waals surface area contributed by atoms with Crippen molar-refractivity contribution in [2.24, 2.45) is 10.8 Å². The van der Waals surface area contributed by atoms with Crippen molar-refractivity contribution in [2.45, 2.75) is 34.6 Å². The Morgan fingerprint density at radius 2 is 0.852 bits per heavy atom. The molecule has 160 valence electrons. The second kappa shape index (κ2) is 7.22. The van der Waals surface area contributed by atoms with E-state index in [0.29, 0.717) is 0 Å². The van der Waals surface area contributed by atoms with Crippen LogP contribution in [0.1, 0.15) is 0 Å². The second-order valence-corrected chi connectivity index (χ2v) is 17.7.